The maximum absolute atomic E-state index is 12.8. The molecule has 0 atom stereocenters. The van der Waals surface area contributed by atoms with Gasteiger partial charge in [0.15, 0.2) is 5.82 Å². The summed E-state index contributed by atoms with van der Waals surface area (Å²) in [5, 5.41) is 9.39. The Balaban J connectivity index is 1.38. The molecule has 2 aromatic carbocycles. The molecule has 1 aliphatic heterocycles. The molecule has 1 amide bonds. The second kappa shape index (κ2) is 8.71. The quantitative estimate of drug-likeness (QED) is 0.640. The van der Waals surface area contributed by atoms with Crippen molar-refractivity contribution in [1.82, 2.24) is 15.1 Å². The summed E-state index contributed by atoms with van der Waals surface area (Å²) in [5.74, 6) is 0.883. The molecule has 0 spiro atoms. The normalized spacial score (nSPS) is 14.0. The van der Waals surface area contributed by atoms with Gasteiger partial charge in [0.2, 0.25) is 0 Å². The Labute approximate surface area is 181 Å². The molecule has 30 heavy (non-hydrogen) atoms. The van der Waals surface area contributed by atoms with E-state index in [1.54, 1.807) is 0 Å². The van der Waals surface area contributed by atoms with Crippen LogP contribution in [0.15, 0.2) is 60.7 Å². The lowest BCUT2D eigenvalue weighted by molar-refractivity contribution is 0.0746. The van der Waals surface area contributed by atoms with Crippen molar-refractivity contribution in [1.29, 1.82) is 0 Å². The highest BCUT2D eigenvalue weighted by atomic mass is 35.5. The van der Waals surface area contributed by atoms with E-state index in [4.69, 9.17) is 11.6 Å². The van der Waals surface area contributed by atoms with Crippen LogP contribution in [0.1, 0.15) is 10.4 Å². The fourth-order valence-corrected chi connectivity index (χ4v) is 3.76. The minimum Gasteiger partial charge on any atom is -0.378 e. The molecule has 0 N–H and O–H groups in total. The number of nitrogens with zero attached hydrogens (tertiary/aromatic N) is 5. The number of carbonyl (C=O) groups is 1. The third-order valence-corrected chi connectivity index (χ3v) is 5.65. The van der Waals surface area contributed by atoms with E-state index in [1.165, 1.54) is 0 Å². The molecule has 154 valence electrons. The molecule has 1 fully saturated rings. The van der Waals surface area contributed by atoms with Crippen LogP contribution in [0.25, 0.3) is 11.3 Å². The van der Waals surface area contributed by atoms with Gasteiger partial charge in [-0.05, 0) is 42.5 Å². The lowest BCUT2D eigenvalue weighted by Crippen LogP contribution is -2.49. The number of piperazine rings is 1. The molecule has 4 rings (SSSR count). The van der Waals surface area contributed by atoms with E-state index >= 15 is 0 Å². The van der Waals surface area contributed by atoms with E-state index < -0.39 is 0 Å². The number of halogens is 1. The van der Waals surface area contributed by atoms with Crippen LogP contribution >= 0.6 is 11.6 Å². The smallest absolute Gasteiger partial charge is 0.253 e. The van der Waals surface area contributed by atoms with Crippen molar-refractivity contribution in [2.45, 2.75) is 0 Å². The zero-order chi connectivity index (χ0) is 21.1. The van der Waals surface area contributed by atoms with Gasteiger partial charge in [-0.25, -0.2) is 0 Å². The summed E-state index contributed by atoms with van der Waals surface area (Å²) >= 11 is 6.25. The lowest BCUT2D eigenvalue weighted by Gasteiger charge is -2.35. The predicted molar refractivity (Wildman–Crippen MR) is 121 cm³/mol. The highest BCUT2D eigenvalue weighted by Gasteiger charge is 2.23. The Morgan fingerprint density at radius 2 is 1.60 bits per heavy atom. The van der Waals surface area contributed by atoms with Crippen molar-refractivity contribution in [3.05, 3.63) is 71.2 Å². The van der Waals surface area contributed by atoms with E-state index in [-0.39, 0.29) is 5.91 Å². The first-order valence-corrected chi connectivity index (χ1v) is 10.3. The monoisotopic (exact) mass is 421 g/mol. The average Bonchev–Trinajstić information content (AvgIpc) is 2.79. The number of aromatic nitrogens is 2. The molecule has 3 aromatic rings. The fraction of sp³-hybridized carbons (Fsp3) is 0.261. The summed E-state index contributed by atoms with van der Waals surface area (Å²) < 4.78 is 0. The van der Waals surface area contributed by atoms with Crippen LogP contribution in [0.5, 0.6) is 0 Å². The standard InChI is InChI=1S/C23H24ClN5O/c1-27(2)18-9-7-17(8-10-18)23(30)29-15-13-28(14-16-29)22-12-11-21(25-26-22)19-5-3-4-6-20(19)24/h3-12H,13-16H2,1-2H3. The molecule has 0 unspecified atom stereocenters. The molecule has 7 heteroatoms. The van der Waals surface area contributed by atoms with Gasteiger partial charge >= 0.3 is 0 Å². The van der Waals surface area contributed by atoms with Gasteiger partial charge in [0.25, 0.3) is 5.91 Å². The third kappa shape index (κ3) is 4.24. The Morgan fingerprint density at radius 3 is 2.20 bits per heavy atom. The fourth-order valence-electron chi connectivity index (χ4n) is 3.53. The zero-order valence-electron chi connectivity index (χ0n) is 17.1. The predicted octanol–water partition coefficient (Wildman–Crippen LogP) is 3.83. The molecular weight excluding hydrogens is 398 g/mol. The largest absolute Gasteiger partial charge is 0.378 e. The van der Waals surface area contributed by atoms with E-state index in [9.17, 15) is 4.79 Å². The Bertz CT molecular complexity index is 1010. The van der Waals surface area contributed by atoms with Gasteiger partial charge in [-0.1, -0.05) is 29.8 Å². The SMILES string of the molecule is CN(C)c1ccc(C(=O)N2CCN(c3ccc(-c4ccccc4Cl)nn3)CC2)cc1. The van der Waals surface area contributed by atoms with Crippen molar-refractivity contribution in [2.24, 2.45) is 0 Å². The first-order chi connectivity index (χ1) is 14.5. The summed E-state index contributed by atoms with van der Waals surface area (Å²) in [6, 6.07) is 19.2. The Morgan fingerprint density at radius 1 is 0.900 bits per heavy atom. The van der Waals surface area contributed by atoms with Crippen molar-refractivity contribution in [3.8, 4) is 11.3 Å². The number of anilines is 2. The van der Waals surface area contributed by atoms with Crippen LogP contribution in [-0.4, -0.2) is 61.3 Å². The second-order valence-electron chi connectivity index (χ2n) is 7.48. The van der Waals surface area contributed by atoms with Gasteiger partial charge in [-0.2, -0.15) is 0 Å². The summed E-state index contributed by atoms with van der Waals surface area (Å²) in [7, 11) is 3.97. The summed E-state index contributed by atoms with van der Waals surface area (Å²) in [4.78, 5) is 18.9. The van der Waals surface area contributed by atoms with Crippen LogP contribution in [0.4, 0.5) is 11.5 Å². The van der Waals surface area contributed by atoms with Gasteiger partial charge in [0.1, 0.15) is 0 Å². The van der Waals surface area contributed by atoms with Crippen LogP contribution in [0, 0.1) is 0 Å². The molecular formula is C23H24ClN5O. The maximum atomic E-state index is 12.8. The molecule has 6 nitrogen and oxygen atoms in total. The van der Waals surface area contributed by atoms with Gasteiger partial charge in [-0.3, -0.25) is 4.79 Å². The Hall–Kier alpha value is -3.12. The zero-order valence-corrected chi connectivity index (χ0v) is 17.9. The lowest BCUT2D eigenvalue weighted by atomic mass is 10.1. The van der Waals surface area contributed by atoms with Gasteiger partial charge < -0.3 is 14.7 Å². The molecule has 0 radical (unpaired) electrons. The van der Waals surface area contributed by atoms with Crippen LogP contribution in [0.2, 0.25) is 5.02 Å². The van der Waals surface area contributed by atoms with Gasteiger partial charge in [0.05, 0.1) is 10.7 Å². The number of hydrogen-bond donors (Lipinski definition) is 0. The average molecular weight is 422 g/mol. The van der Waals surface area contributed by atoms with Crippen molar-refractivity contribution in [3.63, 3.8) is 0 Å². The minimum absolute atomic E-state index is 0.0695. The van der Waals surface area contributed by atoms with Crippen LogP contribution < -0.4 is 9.80 Å². The third-order valence-electron chi connectivity index (χ3n) is 5.32. The Kier molecular flexibility index (Phi) is 5.86. The number of amides is 1. The van der Waals surface area contributed by atoms with Crippen LogP contribution in [-0.2, 0) is 0 Å². The summed E-state index contributed by atoms with van der Waals surface area (Å²) in [6.45, 7) is 2.76. The summed E-state index contributed by atoms with van der Waals surface area (Å²) in [5.41, 5.74) is 3.42. The molecule has 1 aromatic heterocycles. The molecule has 0 aliphatic carbocycles. The first-order valence-electron chi connectivity index (χ1n) is 9.93. The topological polar surface area (TPSA) is 52.6 Å². The van der Waals surface area contributed by atoms with Gasteiger partial charge in [-0.15, -0.1) is 10.2 Å². The highest BCUT2D eigenvalue weighted by molar-refractivity contribution is 6.33. The molecule has 1 saturated heterocycles. The van der Waals surface area contributed by atoms with Crippen molar-refractivity contribution >= 4 is 29.0 Å². The first kappa shape index (κ1) is 20.2. The number of rotatable bonds is 4. The van der Waals surface area contributed by atoms with E-state index in [2.05, 4.69) is 15.1 Å². The van der Waals surface area contributed by atoms with Crippen molar-refractivity contribution in [2.75, 3.05) is 50.1 Å². The molecule has 1 aliphatic rings. The maximum Gasteiger partial charge on any atom is 0.253 e. The highest BCUT2D eigenvalue weighted by Crippen LogP contribution is 2.26. The van der Waals surface area contributed by atoms with E-state index in [0.717, 1.165) is 41.4 Å². The number of carbonyl (C=O) groups excluding carboxylic acids is 1. The minimum atomic E-state index is 0.0695. The van der Waals surface area contributed by atoms with E-state index in [1.807, 2.05) is 84.6 Å². The van der Waals surface area contributed by atoms with Gasteiger partial charge in [0, 0.05) is 57.1 Å². The van der Waals surface area contributed by atoms with Crippen LogP contribution in [0.3, 0.4) is 0 Å². The number of hydrogen-bond acceptors (Lipinski definition) is 5. The molecule has 0 bridgehead atoms. The summed E-state index contributed by atoms with van der Waals surface area (Å²) in [6.07, 6.45) is 0. The van der Waals surface area contributed by atoms with Crippen molar-refractivity contribution < 1.29 is 4.79 Å². The molecule has 0 saturated carbocycles. The van der Waals surface area contributed by atoms with E-state index in [0.29, 0.717) is 18.1 Å². The number of benzene rings is 2. The second-order valence-corrected chi connectivity index (χ2v) is 7.88. The molecule has 2 heterocycles.